The van der Waals surface area contributed by atoms with Crippen molar-refractivity contribution in [1.29, 1.82) is 0 Å². The van der Waals surface area contributed by atoms with E-state index in [4.69, 9.17) is 0 Å². The highest BCUT2D eigenvalue weighted by Crippen LogP contribution is 2.29. The topological polar surface area (TPSA) is 86.8 Å². The summed E-state index contributed by atoms with van der Waals surface area (Å²) >= 11 is 0. The molecule has 0 aliphatic carbocycles. The highest BCUT2D eigenvalue weighted by atomic mass is 32.2. The van der Waals surface area contributed by atoms with E-state index in [1.807, 2.05) is 20.8 Å². The Balaban J connectivity index is 1.72. The lowest BCUT2D eigenvalue weighted by Gasteiger charge is -2.32. The number of nitrogens with zero attached hydrogens (tertiary/aromatic N) is 2. The molecule has 27 heavy (non-hydrogen) atoms. The molecular weight excluding hydrogens is 366 g/mol. The summed E-state index contributed by atoms with van der Waals surface area (Å²) < 4.78 is 26.0. The van der Waals surface area contributed by atoms with Gasteiger partial charge in [-0.25, -0.2) is 8.42 Å². The molecule has 0 radical (unpaired) electrons. The third kappa shape index (κ3) is 4.26. The number of rotatable bonds is 3. The molecule has 7 nitrogen and oxygen atoms in total. The second-order valence-corrected chi connectivity index (χ2v) is 10.2. The molecule has 2 aliphatic heterocycles. The van der Waals surface area contributed by atoms with Crippen molar-refractivity contribution in [2.75, 3.05) is 28.5 Å². The van der Waals surface area contributed by atoms with Crippen LogP contribution in [0, 0.1) is 5.92 Å². The Kier molecular flexibility index (Phi) is 5.20. The molecule has 148 valence electrons. The number of carbonyl (C=O) groups is 2. The van der Waals surface area contributed by atoms with E-state index in [1.165, 1.54) is 4.31 Å². The van der Waals surface area contributed by atoms with Crippen molar-refractivity contribution >= 4 is 33.2 Å². The SMILES string of the molecule is CC(C)(C)N1CC(C(=O)Nc2cccc(N3CCCCS3(=O)=O)c2)CC1=O. The van der Waals surface area contributed by atoms with Gasteiger partial charge in [-0.3, -0.25) is 13.9 Å². The fourth-order valence-corrected chi connectivity index (χ4v) is 5.22. The normalized spacial score (nSPS) is 22.8. The van der Waals surface area contributed by atoms with Gasteiger partial charge in [0.1, 0.15) is 0 Å². The Morgan fingerprint density at radius 2 is 1.96 bits per heavy atom. The zero-order valence-corrected chi connectivity index (χ0v) is 16.9. The smallest absolute Gasteiger partial charge is 0.235 e. The maximum absolute atomic E-state index is 12.6. The van der Waals surface area contributed by atoms with Crippen LogP contribution < -0.4 is 9.62 Å². The first-order valence-corrected chi connectivity index (χ1v) is 10.9. The molecule has 0 bridgehead atoms. The zero-order valence-electron chi connectivity index (χ0n) is 16.1. The molecule has 3 rings (SSSR count). The van der Waals surface area contributed by atoms with Crippen LogP contribution in [0.4, 0.5) is 11.4 Å². The Hall–Kier alpha value is -2.09. The van der Waals surface area contributed by atoms with Gasteiger partial charge in [-0.2, -0.15) is 0 Å². The zero-order chi connectivity index (χ0) is 19.8. The van der Waals surface area contributed by atoms with Gasteiger partial charge in [-0.05, 0) is 51.8 Å². The van der Waals surface area contributed by atoms with Gasteiger partial charge >= 0.3 is 0 Å². The quantitative estimate of drug-likeness (QED) is 0.853. The van der Waals surface area contributed by atoms with Gasteiger partial charge in [0, 0.05) is 30.7 Å². The van der Waals surface area contributed by atoms with E-state index in [2.05, 4.69) is 5.32 Å². The fraction of sp³-hybridized carbons (Fsp3) is 0.579. The highest BCUT2D eigenvalue weighted by molar-refractivity contribution is 7.92. The molecule has 2 amide bonds. The summed E-state index contributed by atoms with van der Waals surface area (Å²) in [6, 6.07) is 6.88. The highest BCUT2D eigenvalue weighted by Gasteiger charge is 2.39. The number of anilines is 2. The summed E-state index contributed by atoms with van der Waals surface area (Å²) in [5.41, 5.74) is 0.792. The fourth-order valence-electron chi connectivity index (χ4n) is 3.59. The van der Waals surface area contributed by atoms with E-state index >= 15 is 0 Å². The van der Waals surface area contributed by atoms with Crippen molar-refractivity contribution in [2.24, 2.45) is 5.92 Å². The van der Waals surface area contributed by atoms with Gasteiger partial charge < -0.3 is 10.2 Å². The maximum Gasteiger partial charge on any atom is 0.235 e. The largest absolute Gasteiger partial charge is 0.337 e. The van der Waals surface area contributed by atoms with Gasteiger partial charge in [-0.15, -0.1) is 0 Å². The molecule has 1 unspecified atom stereocenters. The van der Waals surface area contributed by atoms with Crippen LogP contribution in [0.15, 0.2) is 24.3 Å². The Morgan fingerprint density at radius 3 is 2.59 bits per heavy atom. The van der Waals surface area contributed by atoms with Gasteiger partial charge in [0.25, 0.3) is 0 Å². The van der Waals surface area contributed by atoms with Gasteiger partial charge in [0.05, 0.1) is 17.4 Å². The molecule has 2 heterocycles. The summed E-state index contributed by atoms with van der Waals surface area (Å²) in [5.74, 6) is -0.486. The molecule has 0 saturated carbocycles. The van der Waals surface area contributed by atoms with E-state index in [9.17, 15) is 18.0 Å². The van der Waals surface area contributed by atoms with E-state index < -0.39 is 15.9 Å². The third-order valence-corrected chi connectivity index (χ3v) is 6.93. The number of hydrogen-bond donors (Lipinski definition) is 1. The van der Waals surface area contributed by atoms with Crippen molar-refractivity contribution in [1.82, 2.24) is 4.90 Å². The van der Waals surface area contributed by atoms with Gasteiger partial charge in [0.15, 0.2) is 0 Å². The van der Waals surface area contributed by atoms with Crippen molar-refractivity contribution < 1.29 is 18.0 Å². The van der Waals surface area contributed by atoms with Crippen molar-refractivity contribution in [3.8, 4) is 0 Å². The van der Waals surface area contributed by atoms with Crippen LogP contribution in [-0.2, 0) is 19.6 Å². The molecule has 1 N–H and O–H groups in total. The molecule has 2 saturated heterocycles. The summed E-state index contributed by atoms with van der Waals surface area (Å²) in [6.45, 7) is 6.71. The van der Waals surface area contributed by atoms with Crippen LogP contribution in [0.25, 0.3) is 0 Å². The second kappa shape index (κ2) is 7.14. The van der Waals surface area contributed by atoms with Gasteiger partial charge in [-0.1, -0.05) is 6.07 Å². The first kappa shape index (κ1) is 19.7. The van der Waals surface area contributed by atoms with Crippen LogP contribution in [0.2, 0.25) is 0 Å². The first-order chi connectivity index (χ1) is 12.6. The number of hydrogen-bond acceptors (Lipinski definition) is 4. The molecule has 2 aliphatic rings. The summed E-state index contributed by atoms with van der Waals surface area (Å²) in [5, 5.41) is 2.84. The van der Waals surface area contributed by atoms with Crippen molar-refractivity contribution in [3.63, 3.8) is 0 Å². The van der Waals surface area contributed by atoms with Crippen LogP contribution >= 0.6 is 0 Å². The van der Waals surface area contributed by atoms with Crippen molar-refractivity contribution in [3.05, 3.63) is 24.3 Å². The lowest BCUT2D eigenvalue weighted by Crippen LogP contribution is -2.42. The monoisotopic (exact) mass is 393 g/mol. The molecule has 1 aromatic rings. The van der Waals surface area contributed by atoms with Crippen LogP contribution in [0.3, 0.4) is 0 Å². The lowest BCUT2D eigenvalue weighted by atomic mass is 10.1. The maximum atomic E-state index is 12.6. The third-order valence-electron chi connectivity index (χ3n) is 5.06. The van der Waals surface area contributed by atoms with E-state index in [0.717, 1.165) is 6.42 Å². The Labute approximate surface area is 160 Å². The number of benzene rings is 1. The van der Waals surface area contributed by atoms with E-state index in [0.29, 0.717) is 30.9 Å². The number of nitrogens with one attached hydrogen (secondary N) is 1. The molecule has 0 aromatic heterocycles. The molecule has 2 fully saturated rings. The van der Waals surface area contributed by atoms with Crippen LogP contribution in [0.5, 0.6) is 0 Å². The number of amides is 2. The average molecular weight is 394 g/mol. The average Bonchev–Trinajstić information content (AvgIpc) is 2.97. The molecule has 1 aromatic carbocycles. The molecule has 1 atom stereocenters. The van der Waals surface area contributed by atoms with Crippen molar-refractivity contribution in [2.45, 2.75) is 45.6 Å². The van der Waals surface area contributed by atoms with E-state index in [1.54, 1.807) is 29.2 Å². The molecule has 0 spiro atoms. The lowest BCUT2D eigenvalue weighted by molar-refractivity contribution is -0.131. The minimum absolute atomic E-state index is 0.0178. The predicted octanol–water partition coefficient (Wildman–Crippen LogP) is 2.20. The standard InChI is InChI=1S/C19H27N3O4S/c1-19(2,3)21-13-14(11-17(21)23)18(24)20-15-7-6-8-16(12-15)22-9-4-5-10-27(22,25)26/h6-8,12,14H,4-5,9-11,13H2,1-3H3,(H,20,24). The summed E-state index contributed by atoms with van der Waals surface area (Å²) in [7, 11) is -3.30. The summed E-state index contributed by atoms with van der Waals surface area (Å²) in [6.07, 6.45) is 1.70. The van der Waals surface area contributed by atoms with Crippen LogP contribution in [-0.4, -0.2) is 49.5 Å². The Bertz CT molecular complexity index is 845. The molecular formula is C19H27N3O4S. The number of likely N-dealkylation sites (tertiary alicyclic amines) is 1. The second-order valence-electron chi connectivity index (χ2n) is 8.21. The molecule has 8 heteroatoms. The van der Waals surface area contributed by atoms with Gasteiger partial charge in [0.2, 0.25) is 21.8 Å². The van der Waals surface area contributed by atoms with Crippen LogP contribution in [0.1, 0.15) is 40.0 Å². The first-order valence-electron chi connectivity index (χ1n) is 9.30. The minimum Gasteiger partial charge on any atom is -0.337 e. The Morgan fingerprint density at radius 1 is 1.22 bits per heavy atom. The summed E-state index contributed by atoms with van der Waals surface area (Å²) in [4.78, 5) is 26.5. The minimum atomic E-state index is -3.30. The van der Waals surface area contributed by atoms with E-state index in [-0.39, 0.29) is 29.5 Å². The predicted molar refractivity (Wildman–Crippen MR) is 105 cm³/mol. The number of sulfonamides is 1. The number of carbonyl (C=O) groups excluding carboxylic acids is 2.